The summed E-state index contributed by atoms with van der Waals surface area (Å²) in [6, 6.07) is 16.8. The first kappa shape index (κ1) is 37.0. The zero-order chi connectivity index (χ0) is 37.2. The average molecular weight is 759 g/mol. The number of piperidine rings is 3. The third-order valence-electron chi connectivity index (χ3n) is 11.2. The number of rotatable bonds is 10. The highest BCUT2D eigenvalue weighted by atomic mass is 35.5. The van der Waals surface area contributed by atoms with Crippen LogP contribution in [0, 0.1) is 11.8 Å². The van der Waals surface area contributed by atoms with Gasteiger partial charge in [0.1, 0.15) is 17.6 Å². The first-order valence-electron chi connectivity index (χ1n) is 18.4. The largest absolute Gasteiger partial charge is 0.496 e. The number of hydrogen-bond donors (Lipinski definition) is 2. The van der Waals surface area contributed by atoms with Crippen molar-refractivity contribution in [1.29, 1.82) is 0 Å². The van der Waals surface area contributed by atoms with Gasteiger partial charge in [-0.25, -0.2) is 0 Å². The van der Waals surface area contributed by atoms with Crippen LogP contribution in [-0.4, -0.2) is 72.9 Å². The second-order valence-electron chi connectivity index (χ2n) is 14.6. The molecule has 0 saturated carbocycles. The van der Waals surface area contributed by atoms with Gasteiger partial charge < -0.3 is 19.5 Å². The number of nitrogens with one attached hydrogen (secondary N) is 2. The minimum atomic E-state index is -0.469. The summed E-state index contributed by atoms with van der Waals surface area (Å²) in [5, 5.41) is 8.34. The molecule has 4 aromatic rings. The van der Waals surface area contributed by atoms with Gasteiger partial charge in [-0.05, 0) is 105 Å². The Morgan fingerprint density at radius 2 is 1.64 bits per heavy atom. The number of aryl methyl sites for hydroxylation is 1. The number of likely N-dealkylation sites (tertiary alicyclic amines) is 1. The molecule has 2 amide bonds. The first-order valence-corrected chi connectivity index (χ1v) is 19.2. The Morgan fingerprint density at radius 1 is 0.906 bits per heavy atom. The van der Waals surface area contributed by atoms with Gasteiger partial charge in [-0.2, -0.15) is 0 Å². The van der Waals surface area contributed by atoms with E-state index in [0.717, 1.165) is 97.5 Å². The van der Waals surface area contributed by atoms with Gasteiger partial charge in [-0.3, -0.25) is 29.4 Å². The summed E-state index contributed by atoms with van der Waals surface area (Å²) in [5.41, 5.74) is 4.44. The molecule has 7 rings (SSSR count). The van der Waals surface area contributed by atoms with Crippen LogP contribution in [0.5, 0.6) is 5.75 Å². The van der Waals surface area contributed by atoms with Gasteiger partial charge >= 0.3 is 0 Å². The summed E-state index contributed by atoms with van der Waals surface area (Å²) >= 11 is 13.6. The highest BCUT2D eigenvalue weighted by molar-refractivity contribution is 6.33. The maximum absolute atomic E-state index is 13.4. The number of nitrogens with zero attached hydrogens (tertiary/aromatic N) is 3. The minimum Gasteiger partial charge on any atom is -0.496 e. The van der Waals surface area contributed by atoms with Crippen molar-refractivity contribution < 1.29 is 19.1 Å². The van der Waals surface area contributed by atoms with E-state index in [1.54, 1.807) is 18.7 Å². The Bertz CT molecular complexity index is 2100. The van der Waals surface area contributed by atoms with Crippen molar-refractivity contribution in [2.45, 2.75) is 51.0 Å². The fourth-order valence-electron chi connectivity index (χ4n) is 8.11. The number of anilines is 2. The predicted molar refractivity (Wildman–Crippen MR) is 210 cm³/mol. The number of pyridine rings is 1. The lowest BCUT2D eigenvalue weighted by atomic mass is 9.88. The molecule has 1 atom stereocenters. The normalized spacial score (nSPS) is 19.0. The fraction of sp³-hybridized carbons (Fsp3) is 0.415. The number of ether oxygens (including phenoxy) is 1. The van der Waals surface area contributed by atoms with Crippen molar-refractivity contribution in [1.82, 2.24) is 14.8 Å². The lowest BCUT2D eigenvalue weighted by molar-refractivity contribution is -0.133. The molecule has 1 aromatic heterocycles. The molecule has 4 heterocycles. The smallest absolute Gasteiger partial charge is 0.258 e. The lowest BCUT2D eigenvalue weighted by Crippen LogP contribution is -2.47. The number of imide groups is 1. The summed E-state index contributed by atoms with van der Waals surface area (Å²) in [6.07, 6.45) is 6.93. The van der Waals surface area contributed by atoms with E-state index < -0.39 is 6.04 Å². The van der Waals surface area contributed by atoms with Crippen LogP contribution in [0.1, 0.15) is 44.1 Å². The number of ketones is 1. The fourth-order valence-corrected chi connectivity index (χ4v) is 8.70. The number of aromatic nitrogens is 1. The van der Waals surface area contributed by atoms with Crippen molar-refractivity contribution in [2.75, 3.05) is 50.1 Å². The van der Waals surface area contributed by atoms with Crippen LogP contribution < -0.4 is 25.8 Å². The van der Waals surface area contributed by atoms with E-state index in [0.29, 0.717) is 46.5 Å². The molecule has 12 heteroatoms. The summed E-state index contributed by atoms with van der Waals surface area (Å²) in [5.74, 6) is 0.945. The molecular weight excluding hydrogens is 713 g/mol. The molecule has 10 nitrogen and oxygen atoms in total. The van der Waals surface area contributed by atoms with Crippen LogP contribution >= 0.6 is 23.2 Å². The van der Waals surface area contributed by atoms with Gasteiger partial charge in [0, 0.05) is 65.9 Å². The molecule has 3 aliphatic rings. The summed E-state index contributed by atoms with van der Waals surface area (Å²) < 4.78 is 7.48. The zero-order valence-corrected chi connectivity index (χ0v) is 31.6. The van der Waals surface area contributed by atoms with Gasteiger partial charge in [-0.15, -0.1) is 0 Å². The van der Waals surface area contributed by atoms with Crippen LogP contribution in [0.25, 0.3) is 21.9 Å². The number of amides is 2. The SMILES string of the molecule is COc1cc(-c2cn(C)c(=O)c3ccccc23)cc(Cl)c1CC1CCN(CC(=O)C2CCN(c3ccc(NC4CCC(=O)NC4=O)cc3Cl)CC2)CC1. The van der Waals surface area contributed by atoms with Crippen LogP contribution in [0.15, 0.2) is 65.6 Å². The second kappa shape index (κ2) is 15.9. The number of Topliss-reactive ketones (excluding diaryl/α,β-unsaturated/α-hetero) is 1. The number of fused-ring (bicyclic) bond motifs is 1. The molecule has 0 radical (unpaired) electrons. The maximum atomic E-state index is 13.4. The molecule has 278 valence electrons. The van der Waals surface area contributed by atoms with Crippen molar-refractivity contribution in [3.8, 4) is 16.9 Å². The van der Waals surface area contributed by atoms with Crippen molar-refractivity contribution in [3.63, 3.8) is 0 Å². The molecule has 0 spiro atoms. The molecule has 53 heavy (non-hydrogen) atoms. The molecular formula is C41H45Cl2N5O5. The van der Waals surface area contributed by atoms with Gasteiger partial charge in [0.05, 0.1) is 24.4 Å². The third-order valence-corrected chi connectivity index (χ3v) is 11.8. The Morgan fingerprint density at radius 3 is 2.34 bits per heavy atom. The number of benzene rings is 3. The van der Waals surface area contributed by atoms with Crippen molar-refractivity contribution in [3.05, 3.63) is 86.8 Å². The second-order valence-corrected chi connectivity index (χ2v) is 15.4. The zero-order valence-electron chi connectivity index (χ0n) is 30.1. The van der Waals surface area contributed by atoms with E-state index in [1.807, 2.05) is 60.8 Å². The maximum Gasteiger partial charge on any atom is 0.258 e. The van der Waals surface area contributed by atoms with Crippen molar-refractivity contribution in [2.24, 2.45) is 18.9 Å². The molecule has 2 N–H and O–H groups in total. The Hall–Kier alpha value is -4.38. The first-order chi connectivity index (χ1) is 25.6. The van der Waals surface area contributed by atoms with Crippen LogP contribution in [0.4, 0.5) is 11.4 Å². The van der Waals surface area contributed by atoms with Crippen LogP contribution in [-0.2, 0) is 27.9 Å². The molecule has 0 bridgehead atoms. The van der Waals surface area contributed by atoms with Crippen LogP contribution in [0.2, 0.25) is 10.0 Å². The third kappa shape index (κ3) is 8.10. The molecule has 3 saturated heterocycles. The monoisotopic (exact) mass is 757 g/mol. The predicted octanol–water partition coefficient (Wildman–Crippen LogP) is 6.48. The highest BCUT2D eigenvalue weighted by Gasteiger charge is 2.30. The molecule has 3 aromatic carbocycles. The Balaban J connectivity index is 0.903. The number of hydrogen-bond acceptors (Lipinski definition) is 8. The molecule has 0 aliphatic carbocycles. The van der Waals surface area contributed by atoms with Gasteiger partial charge in [0.15, 0.2) is 0 Å². The van der Waals surface area contributed by atoms with E-state index in [9.17, 15) is 19.2 Å². The van der Waals surface area contributed by atoms with E-state index in [4.69, 9.17) is 27.9 Å². The van der Waals surface area contributed by atoms with Crippen molar-refractivity contribution >= 4 is 62.9 Å². The standard InChI is InChI=1S/C41H45Cl2N5O5/c1-46-23-32(29-5-3-4-6-30(29)41(46)52)27-20-33(42)31(38(21-27)53-2)19-25-11-15-47(16-12-25)24-37(49)26-13-17-48(18-14-26)36-9-7-28(22-34(36)43)44-35-8-10-39(50)45-40(35)51/h3-7,9,20-23,25-26,35,44H,8,10-19,24H2,1-2H3,(H,45,50,51). The van der Waals surface area contributed by atoms with Crippen LogP contribution in [0.3, 0.4) is 0 Å². The molecule has 3 fully saturated rings. The van der Waals surface area contributed by atoms with Gasteiger partial charge in [0.2, 0.25) is 11.8 Å². The topological polar surface area (TPSA) is 113 Å². The van der Waals surface area contributed by atoms with Gasteiger partial charge in [-0.1, -0.05) is 41.4 Å². The Labute approximate surface area is 319 Å². The number of halogens is 2. The number of carbonyl (C=O) groups excluding carboxylic acids is 3. The number of methoxy groups -OCH3 is 1. The number of carbonyl (C=O) groups is 3. The summed E-state index contributed by atoms with van der Waals surface area (Å²) in [4.78, 5) is 54.3. The van der Waals surface area contributed by atoms with E-state index in [2.05, 4.69) is 20.4 Å². The molecule has 3 aliphatic heterocycles. The van der Waals surface area contributed by atoms with E-state index in [1.165, 1.54) is 0 Å². The lowest BCUT2D eigenvalue weighted by Gasteiger charge is -2.36. The molecule has 1 unspecified atom stereocenters. The van der Waals surface area contributed by atoms with Gasteiger partial charge in [0.25, 0.3) is 5.56 Å². The highest BCUT2D eigenvalue weighted by Crippen LogP contribution is 2.38. The quantitative estimate of drug-likeness (QED) is 0.177. The van der Waals surface area contributed by atoms with E-state index in [-0.39, 0.29) is 23.3 Å². The average Bonchev–Trinajstić information content (AvgIpc) is 3.16. The minimum absolute atomic E-state index is 0.0296. The summed E-state index contributed by atoms with van der Waals surface area (Å²) in [7, 11) is 3.44. The summed E-state index contributed by atoms with van der Waals surface area (Å²) in [6.45, 7) is 3.71. The van der Waals surface area contributed by atoms with E-state index >= 15 is 0 Å². The Kier molecular flexibility index (Phi) is 11.1.